The molecule has 1 aromatic carbocycles. The van der Waals surface area contributed by atoms with Crippen molar-refractivity contribution < 1.29 is 0 Å². The lowest BCUT2D eigenvalue weighted by Gasteiger charge is -2.21. The van der Waals surface area contributed by atoms with E-state index in [1.54, 1.807) is 0 Å². The third-order valence-electron chi connectivity index (χ3n) is 3.74. The van der Waals surface area contributed by atoms with Gasteiger partial charge in [0.15, 0.2) is 5.96 Å². The Morgan fingerprint density at radius 2 is 1.86 bits per heavy atom. The highest BCUT2D eigenvalue weighted by Gasteiger charge is 2.15. The van der Waals surface area contributed by atoms with Crippen molar-refractivity contribution >= 4 is 5.96 Å². The summed E-state index contributed by atoms with van der Waals surface area (Å²) in [5.74, 6) is 1.06. The Kier molecular flexibility index (Phi) is 6.05. The largest absolute Gasteiger partial charge is 0.357 e. The maximum Gasteiger partial charge on any atom is 0.194 e. The third-order valence-corrected chi connectivity index (χ3v) is 3.74. The summed E-state index contributed by atoms with van der Waals surface area (Å²) in [6.45, 7) is 7.03. The molecule has 0 amide bonds. The predicted molar refractivity (Wildman–Crippen MR) is 89.5 cm³/mol. The second-order valence-electron chi connectivity index (χ2n) is 5.87. The minimum atomic E-state index is 0.753. The van der Waals surface area contributed by atoms with Crippen LogP contribution in [0.3, 0.4) is 0 Å². The maximum atomic E-state index is 4.85. The summed E-state index contributed by atoms with van der Waals surface area (Å²) in [5, 5.41) is 3.42. The van der Waals surface area contributed by atoms with Crippen LogP contribution in [0.25, 0.3) is 0 Å². The molecule has 0 aromatic heterocycles. The Bertz CT molecular complexity index is 462. The molecule has 21 heavy (non-hydrogen) atoms. The van der Waals surface area contributed by atoms with Gasteiger partial charge in [0.05, 0.1) is 6.54 Å². The molecule has 0 aliphatic carbocycles. The number of hydrogen-bond donors (Lipinski definition) is 1. The molecular formula is C17H28N4. The van der Waals surface area contributed by atoms with E-state index in [1.807, 2.05) is 0 Å². The third kappa shape index (κ3) is 4.74. The van der Waals surface area contributed by atoms with Gasteiger partial charge in [-0.1, -0.05) is 24.3 Å². The standard InChI is InChI=1S/C17H28N4/c1-4-18-17(21-11-7-8-12-21)19-13-15-9-5-6-10-16(15)14-20(2)3/h5-6,9-10H,4,7-8,11-14H2,1-3H3,(H,18,19). The normalized spacial score (nSPS) is 15.8. The van der Waals surface area contributed by atoms with E-state index in [-0.39, 0.29) is 0 Å². The summed E-state index contributed by atoms with van der Waals surface area (Å²) in [7, 11) is 4.21. The lowest BCUT2D eigenvalue weighted by molar-refractivity contribution is 0.401. The van der Waals surface area contributed by atoms with E-state index in [4.69, 9.17) is 4.99 Å². The number of hydrogen-bond acceptors (Lipinski definition) is 2. The predicted octanol–water partition coefficient (Wildman–Crippen LogP) is 2.31. The average Bonchev–Trinajstić information content (AvgIpc) is 2.98. The number of likely N-dealkylation sites (tertiary alicyclic amines) is 1. The quantitative estimate of drug-likeness (QED) is 0.666. The summed E-state index contributed by atoms with van der Waals surface area (Å²) >= 11 is 0. The van der Waals surface area contributed by atoms with Gasteiger partial charge >= 0.3 is 0 Å². The van der Waals surface area contributed by atoms with Crippen LogP contribution < -0.4 is 5.32 Å². The van der Waals surface area contributed by atoms with E-state index < -0.39 is 0 Å². The smallest absolute Gasteiger partial charge is 0.194 e. The van der Waals surface area contributed by atoms with Crippen molar-refractivity contribution in [2.24, 2.45) is 4.99 Å². The molecule has 116 valence electrons. The number of nitrogens with zero attached hydrogens (tertiary/aromatic N) is 3. The molecule has 1 aromatic rings. The topological polar surface area (TPSA) is 30.9 Å². The molecule has 1 aliphatic rings. The van der Waals surface area contributed by atoms with Gasteiger partial charge in [-0.25, -0.2) is 4.99 Å². The fraction of sp³-hybridized carbons (Fsp3) is 0.588. The lowest BCUT2D eigenvalue weighted by atomic mass is 10.1. The zero-order valence-electron chi connectivity index (χ0n) is 13.6. The van der Waals surface area contributed by atoms with Crippen LogP contribution >= 0.6 is 0 Å². The first kappa shape index (κ1) is 15.8. The number of guanidine groups is 1. The van der Waals surface area contributed by atoms with Gasteiger partial charge in [0.1, 0.15) is 0 Å². The minimum Gasteiger partial charge on any atom is -0.357 e. The molecule has 0 unspecified atom stereocenters. The van der Waals surface area contributed by atoms with Crippen LogP contribution in [0.15, 0.2) is 29.3 Å². The Hall–Kier alpha value is -1.55. The minimum absolute atomic E-state index is 0.753. The first-order chi connectivity index (χ1) is 10.2. The van der Waals surface area contributed by atoms with Gasteiger partial charge in [-0.2, -0.15) is 0 Å². The SMILES string of the molecule is CCNC(=NCc1ccccc1CN(C)C)N1CCCC1. The molecule has 1 N–H and O–H groups in total. The molecule has 1 fully saturated rings. The Morgan fingerprint density at radius 3 is 2.48 bits per heavy atom. The Morgan fingerprint density at radius 1 is 1.19 bits per heavy atom. The maximum absolute atomic E-state index is 4.85. The van der Waals surface area contributed by atoms with Gasteiger partial charge in [-0.15, -0.1) is 0 Å². The summed E-state index contributed by atoms with van der Waals surface area (Å²) in [6.07, 6.45) is 2.56. The highest BCUT2D eigenvalue weighted by molar-refractivity contribution is 5.80. The fourth-order valence-electron chi connectivity index (χ4n) is 2.72. The van der Waals surface area contributed by atoms with Crippen molar-refractivity contribution in [3.8, 4) is 0 Å². The summed E-state index contributed by atoms with van der Waals surface area (Å²) in [4.78, 5) is 9.42. The van der Waals surface area contributed by atoms with E-state index in [2.05, 4.69) is 60.4 Å². The molecule has 4 heteroatoms. The van der Waals surface area contributed by atoms with Crippen molar-refractivity contribution in [3.63, 3.8) is 0 Å². The second-order valence-corrected chi connectivity index (χ2v) is 5.87. The molecule has 4 nitrogen and oxygen atoms in total. The molecule has 0 radical (unpaired) electrons. The van der Waals surface area contributed by atoms with Crippen LogP contribution in [0.5, 0.6) is 0 Å². The van der Waals surface area contributed by atoms with E-state index in [0.717, 1.165) is 38.7 Å². The van der Waals surface area contributed by atoms with E-state index in [0.29, 0.717) is 0 Å². The van der Waals surface area contributed by atoms with Gasteiger partial charge < -0.3 is 15.1 Å². The number of nitrogens with one attached hydrogen (secondary N) is 1. The average molecular weight is 288 g/mol. The zero-order chi connectivity index (χ0) is 15.1. The molecule has 2 rings (SSSR count). The summed E-state index contributed by atoms with van der Waals surface area (Å²) < 4.78 is 0. The molecule has 0 spiro atoms. The van der Waals surface area contributed by atoms with Gasteiger partial charge in [0, 0.05) is 26.2 Å². The van der Waals surface area contributed by atoms with Gasteiger partial charge in [-0.05, 0) is 45.0 Å². The van der Waals surface area contributed by atoms with E-state index in [9.17, 15) is 0 Å². The first-order valence-electron chi connectivity index (χ1n) is 7.95. The number of benzene rings is 1. The Labute approximate surface area is 128 Å². The fourth-order valence-corrected chi connectivity index (χ4v) is 2.72. The van der Waals surface area contributed by atoms with Crippen LogP contribution in [0.2, 0.25) is 0 Å². The summed E-state index contributed by atoms with van der Waals surface area (Å²) in [5.41, 5.74) is 2.68. The van der Waals surface area contributed by atoms with Gasteiger partial charge in [0.2, 0.25) is 0 Å². The van der Waals surface area contributed by atoms with Gasteiger partial charge in [0.25, 0.3) is 0 Å². The van der Waals surface area contributed by atoms with Crippen molar-refractivity contribution in [1.82, 2.24) is 15.1 Å². The van der Waals surface area contributed by atoms with Crippen molar-refractivity contribution in [2.45, 2.75) is 32.9 Å². The van der Waals surface area contributed by atoms with E-state index in [1.165, 1.54) is 24.0 Å². The molecule has 1 saturated heterocycles. The molecule has 0 saturated carbocycles. The second kappa shape index (κ2) is 8.03. The highest BCUT2D eigenvalue weighted by Crippen LogP contribution is 2.13. The van der Waals surface area contributed by atoms with Crippen LogP contribution in [-0.4, -0.2) is 49.5 Å². The number of rotatable bonds is 5. The van der Waals surface area contributed by atoms with Gasteiger partial charge in [-0.3, -0.25) is 0 Å². The van der Waals surface area contributed by atoms with Crippen molar-refractivity contribution in [2.75, 3.05) is 33.7 Å². The molecule has 1 heterocycles. The molecule has 0 atom stereocenters. The lowest BCUT2D eigenvalue weighted by Crippen LogP contribution is -2.39. The zero-order valence-corrected chi connectivity index (χ0v) is 13.6. The van der Waals surface area contributed by atoms with E-state index >= 15 is 0 Å². The van der Waals surface area contributed by atoms with Crippen molar-refractivity contribution in [1.29, 1.82) is 0 Å². The van der Waals surface area contributed by atoms with Crippen LogP contribution in [0, 0.1) is 0 Å². The molecule has 1 aliphatic heterocycles. The summed E-state index contributed by atoms with van der Waals surface area (Å²) in [6, 6.07) is 8.61. The van der Waals surface area contributed by atoms with Crippen LogP contribution in [0.1, 0.15) is 30.9 Å². The molecule has 0 bridgehead atoms. The highest BCUT2D eigenvalue weighted by atomic mass is 15.3. The molecular weight excluding hydrogens is 260 g/mol. The number of aliphatic imine (C=N–C) groups is 1. The first-order valence-corrected chi connectivity index (χ1v) is 7.95. The monoisotopic (exact) mass is 288 g/mol. The van der Waals surface area contributed by atoms with Crippen molar-refractivity contribution in [3.05, 3.63) is 35.4 Å². The Balaban J connectivity index is 2.09. The van der Waals surface area contributed by atoms with Crippen LogP contribution in [0.4, 0.5) is 0 Å². The van der Waals surface area contributed by atoms with Crippen LogP contribution in [-0.2, 0) is 13.1 Å².